The lowest BCUT2D eigenvalue weighted by atomic mass is 10.4. The Hall–Kier alpha value is -1.73. The molecule has 0 amide bonds. The summed E-state index contributed by atoms with van der Waals surface area (Å²) in [5.74, 6) is 0. The van der Waals surface area contributed by atoms with Crippen LogP contribution in [0.2, 0.25) is 0 Å². The zero-order valence-electron chi connectivity index (χ0n) is 14.1. The Kier molecular flexibility index (Phi) is 9.09. The van der Waals surface area contributed by atoms with Crippen molar-refractivity contribution in [1.82, 2.24) is 0 Å². The van der Waals surface area contributed by atoms with Gasteiger partial charge in [0, 0.05) is 0 Å². The average molecular weight is 312 g/mol. The smallest absolute Gasteiger partial charge is 0.0827 e. The molecule has 0 nitrogen and oxygen atoms in total. The first-order valence-electron chi connectivity index (χ1n) is 8.04. The van der Waals surface area contributed by atoms with Gasteiger partial charge < -0.3 is 0 Å². The Labute approximate surface area is 138 Å². The number of rotatable bonds is 5. The molecular weight excluding hydrogens is 284 g/mol. The van der Waals surface area contributed by atoms with Gasteiger partial charge in [0.1, 0.15) is 0 Å². The van der Waals surface area contributed by atoms with Crippen molar-refractivity contribution >= 4 is 10.9 Å². The van der Waals surface area contributed by atoms with E-state index in [1.165, 1.54) is 14.7 Å². The van der Waals surface area contributed by atoms with Crippen molar-refractivity contribution in [2.24, 2.45) is 0 Å². The minimum absolute atomic E-state index is 0.0145. The van der Waals surface area contributed by atoms with Crippen molar-refractivity contribution in [2.75, 3.05) is 0 Å². The molecule has 0 spiro atoms. The van der Waals surface area contributed by atoms with Crippen molar-refractivity contribution in [3.63, 3.8) is 0 Å². The lowest BCUT2D eigenvalue weighted by Crippen LogP contribution is -2.05. The summed E-state index contributed by atoms with van der Waals surface area (Å²) in [6, 6.07) is 21.5. The molecule has 0 aliphatic carbocycles. The SMILES string of the molecule is C/C=C\C(=C/CC)[S+](c1ccccc1)c1ccccc1.CC. The van der Waals surface area contributed by atoms with Gasteiger partial charge in [-0.25, -0.2) is 0 Å². The van der Waals surface area contributed by atoms with E-state index >= 15 is 0 Å². The van der Waals surface area contributed by atoms with Crippen LogP contribution >= 0.6 is 0 Å². The third kappa shape index (κ3) is 5.23. The van der Waals surface area contributed by atoms with Gasteiger partial charge in [-0.2, -0.15) is 0 Å². The van der Waals surface area contributed by atoms with E-state index < -0.39 is 0 Å². The zero-order valence-corrected chi connectivity index (χ0v) is 14.9. The third-order valence-electron chi connectivity index (χ3n) is 2.93. The van der Waals surface area contributed by atoms with Gasteiger partial charge in [-0.05, 0) is 49.8 Å². The van der Waals surface area contributed by atoms with Crippen LogP contribution in [0.25, 0.3) is 0 Å². The molecule has 116 valence electrons. The highest BCUT2D eigenvalue weighted by atomic mass is 32.2. The molecule has 0 fully saturated rings. The molecule has 2 aromatic rings. The van der Waals surface area contributed by atoms with E-state index in [1.54, 1.807) is 0 Å². The fourth-order valence-electron chi connectivity index (χ4n) is 2.11. The molecule has 0 N–H and O–H groups in total. The van der Waals surface area contributed by atoms with Gasteiger partial charge in [-0.15, -0.1) is 0 Å². The van der Waals surface area contributed by atoms with Gasteiger partial charge in [0.15, 0.2) is 14.7 Å². The molecule has 0 unspecified atom stereocenters. The van der Waals surface area contributed by atoms with Crippen LogP contribution in [-0.2, 0) is 10.9 Å². The maximum absolute atomic E-state index is 2.34. The molecule has 22 heavy (non-hydrogen) atoms. The van der Waals surface area contributed by atoms with E-state index in [2.05, 4.69) is 92.7 Å². The van der Waals surface area contributed by atoms with E-state index in [-0.39, 0.29) is 10.9 Å². The van der Waals surface area contributed by atoms with E-state index in [1.807, 2.05) is 13.8 Å². The molecule has 2 aromatic carbocycles. The molecule has 0 saturated heterocycles. The molecule has 0 atom stereocenters. The van der Waals surface area contributed by atoms with Gasteiger partial charge in [-0.3, -0.25) is 0 Å². The van der Waals surface area contributed by atoms with Crippen molar-refractivity contribution in [3.05, 3.63) is 83.8 Å². The largest absolute Gasteiger partial charge is 0.166 e. The predicted molar refractivity (Wildman–Crippen MR) is 101 cm³/mol. The molecule has 0 heterocycles. The molecular formula is C21H27S+. The second-order valence-electron chi connectivity index (χ2n) is 4.45. The van der Waals surface area contributed by atoms with E-state index in [0.717, 1.165) is 6.42 Å². The molecule has 0 radical (unpaired) electrons. The predicted octanol–water partition coefficient (Wildman–Crippen LogP) is 6.62. The number of hydrogen-bond acceptors (Lipinski definition) is 0. The second-order valence-corrected chi connectivity index (χ2v) is 6.47. The van der Waals surface area contributed by atoms with Crippen molar-refractivity contribution in [3.8, 4) is 0 Å². The lowest BCUT2D eigenvalue weighted by Gasteiger charge is -2.08. The summed E-state index contributed by atoms with van der Waals surface area (Å²) < 4.78 is 0. The maximum atomic E-state index is 2.34. The van der Waals surface area contributed by atoms with Gasteiger partial charge >= 0.3 is 0 Å². The van der Waals surface area contributed by atoms with Crippen molar-refractivity contribution in [1.29, 1.82) is 0 Å². The molecule has 2 rings (SSSR count). The first kappa shape index (κ1) is 18.3. The van der Waals surface area contributed by atoms with Gasteiger partial charge in [-0.1, -0.05) is 63.2 Å². The molecule has 0 bridgehead atoms. The van der Waals surface area contributed by atoms with E-state index in [0.29, 0.717) is 0 Å². The van der Waals surface area contributed by atoms with Crippen LogP contribution in [-0.4, -0.2) is 0 Å². The molecule has 0 aliphatic rings. The van der Waals surface area contributed by atoms with Crippen LogP contribution < -0.4 is 0 Å². The Morgan fingerprint density at radius 3 is 1.68 bits per heavy atom. The number of benzene rings is 2. The minimum atomic E-state index is -0.0145. The summed E-state index contributed by atoms with van der Waals surface area (Å²) in [6.45, 7) is 8.28. The summed E-state index contributed by atoms with van der Waals surface area (Å²) in [7, 11) is -0.0145. The van der Waals surface area contributed by atoms with E-state index in [9.17, 15) is 0 Å². The highest BCUT2D eigenvalue weighted by molar-refractivity contribution is 8.00. The zero-order chi connectivity index (χ0) is 16.2. The summed E-state index contributed by atoms with van der Waals surface area (Å²) in [5, 5.41) is 0. The van der Waals surface area contributed by atoms with Gasteiger partial charge in [0.25, 0.3) is 0 Å². The Bertz CT molecular complexity index is 528. The fourth-order valence-corrected chi connectivity index (χ4v) is 4.39. The summed E-state index contributed by atoms with van der Waals surface area (Å²) in [6.07, 6.45) is 7.77. The van der Waals surface area contributed by atoms with Crippen LogP contribution in [0.3, 0.4) is 0 Å². The van der Waals surface area contributed by atoms with E-state index in [4.69, 9.17) is 0 Å². The average Bonchev–Trinajstić information content (AvgIpc) is 2.59. The Morgan fingerprint density at radius 2 is 1.32 bits per heavy atom. The molecule has 0 aliphatic heterocycles. The standard InChI is InChI=1S/C19H21S.C2H6/c1-3-11-17(12-4-2)20(18-13-7-5-8-14-18)19-15-9-6-10-16-19;1-2/h3,5-16H,4H2,1-2H3;1-2H3/q+1;/b11-3-,17-12+;. The van der Waals surface area contributed by atoms with Crippen LogP contribution in [0.15, 0.2) is 93.6 Å². The van der Waals surface area contributed by atoms with Gasteiger partial charge in [0.2, 0.25) is 0 Å². The highest BCUT2D eigenvalue weighted by Gasteiger charge is 2.28. The lowest BCUT2D eigenvalue weighted by molar-refractivity contribution is 1.22. The summed E-state index contributed by atoms with van der Waals surface area (Å²) >= 11 is 0. The topological polar surface area (TPSA) is 0 Å². The maximum Gasteiger partial charge on any atom is 0.166 e. The van der Waals surface area contributed by atoms with Crippen LogP contribution in [0.1, 0.15) is 34.1 Å². The Morgan fingerprint density at radius 1 is 0.864 bits per heavy atom. The molecule has 1 heteroatoms. The highest BCUT2D eigenvalue weighted by Crippen LogP contribution is 2.31. The molecule has 0 aromatic heterocycles. The number of hydrogen-bond donors (Lipinski definition) is 0. The Balaban J connectivity index is 0.00000116. The second kappa shape index (κ2) is 10.9. The molecule has 0 saturated carbocycles. The first-order chi connectivity index (χ1) is 10.9. The van der Waals surface area contributed by atoms with Crippen LogP contribution in [0.5, 0.6) is 0 Å². The third-order valence-corrected chi connectivity index (χ3v) is 5.19. The number of allylic oxidation sites excluding steroid dienone is 3. The summed E-state index contributed by atoms with van der Waals surface area (Å²) in [4.78, 5) is 4.14. The van der Waals surface area contributed by atoms with Crippen LogP contribution in [0, 0.1) is 0 Å². The van der Waals surface area contributed by atoms with Gasteiger partial charge in [0.05, 0.1) is 10.9 Å². The normalized spacial score (nSPS) is 11.4. The monoisotopic (exact) mass is 311 g/mol. The fraction of sp³-hybridized carbons (Fsp3) is 0.238. The van der Waals surface area contributed by atoms with Crippen LogP contribution in [0.4, 0.5) is 0 Å². The minimum Gasteiger partial charge on any atom is -0.0827 e. The first-order valence-corrected chi connectivity index (χ1v) is 9.26. The summed E-state index contributed by atoms with van der Waals surface area (Å²) in [5.41, 5.74) is 0. The van der Waals surface area contributed by atoms with Crippen molar-refractivity contribution < 1.29 is 0 Å². The van der Waals surface area contributed by atoms with Crippen molar-refractivity contribution in [2.45, 2.75) is 43.9 Å². The quantitative estimate of drug-likeness (QED) is 0.430.